The van der Waals surface area contributed by atoms with E-state index in [1.54, 1.807) is 16.8 Å². The summed E-state index contributed by atoms with van der Waals surface area (Å²) in [7, 11) is 1.51. The molecule has 1 N–H and O–H groups in total. The Morgan fingerprint density at radius 2 is 2.05 bits per heavy atom. The molecule has 5 rings (SSSR count). The summed E-state index contributed by atoms with van der Waals surface area (Å²) in [5.74, 6) is 0.415. The van der Waals surface area contributed by atoms with Gasteiger partial charge in [-0.05, 0) is 78.4 Å². The quantitative estimate of drug-likeness (QED) is 0.304. The van der Waals surface area contributed by atoms with Crippen molar-refractivity contribution in [3.05, 3.63) is 74.4 Å². The van der Waals surface area contributed by atoms with Crippen molar-refractivity contribution in [2.24, 2.45) is 0 Å². The monoisotopic (exact) mass is 604 g/mol. The van der Waals surface area contributed by atoms with Crippen LogP contribution in [-0.2, 0) is 16.1 Å². The molecule has 0 amide bonds. The average molecular weight is 606 g/mol. The predicted molar refractivity (Wildman–Crippen MR) is 144 cm³/mol. The number of aromatic nitrogens is 3. The van der Waals surface area contributed by atoms with Crippen molar-refractivity contribution in [3.8, 4) is 11.5 Å². The number of carbonyl (C=O) groups excluding carboxylic acids is 1. The molecule has 1 atom stereocenters. The van der Waals surface area contributed by atoms with E-state index in [9.17, 15) is 9.18 Å². The number of esters is 1. The van der Waals surface area contributed by atoms with Crippen LogP contribution >= 0.6 is 27.5 Å². The van der Waals surface area contributed by atoms with Gasteiger partial charge in [0.2, 0.25) is 5.95 Å². The third-order valence-corrected chi connectivity index (χ3v) is 7.77. The van der Waals surface area contributed by atoms with E-state index in [-0.39, 0.29) is 23.3 Å². The van der Waals surface area contributed by atoms with Crippen molar-refractivity contribution in [2.45, 2.75) is 57.8 Å². The van der Waals surface area contributed by atoms with E-state index < -0.39 is 17.8 Å². The molecule has 1 unspecified atom stereocenters. The van der Waals surface area contributed by atoms with Crippen molar-refractivity contribution in [3.63, 3.8) is 0 Å². The van der Waals surface area contributed by atoms with Gasteiger partial charge in [0.15, 0.2) is 11.5 Å². The van der Waals surface area contributed by atoms with Gasteiger partial charge in [-0.3, -0.25) is 0 Å². The SMILES string of the molecule is COc1cc(C2C(C(=O)OC3CCCCC3)=C(C)Nc3ncnn32)cc(Br)c1OCc1c(F)cccc1Cl. The Hall–Kier alpha value is -3.11. The molecular formula is C27H27BrClFN4O4. The number of halogens is 3. The van der Waals surface area contributed by atoms with Crippen molar-refractivity contribution < 1.29 is 23.4 Å². The Kier molecular flexibility index (Phi) is 7.90. The number of nitrogens with zero attached hydrogens (tertiary/aromatic N) is 3. The van der Waals surface area contributed by atoms with E-state index in [0.717, 1.165) is 32.1 Å². The first-order valence-electron chi connectivity index (χ1n) is 12.4. The molecule has 1 saturated carbocycles. The zero-order chi connectivity index (χ0) is 26.8. The summed E-state index contributed by atoms with van der Waals surface area (Å²) in [6.07, 6.45) is 6.32. The summed E-state index contributed by atoms with van der Waals surface area (Å²) in [5.41, 5.74) is 2.02. The Morgan fingerprint density at radius 1 is 1.26 bits per heavy atom. The van der Waals surface area contributed by atoms with Crippen LogP contribution in [0.25, 0.3) is 0 Å². The lowest BCUT2D eigenvalue weighted by Crippen LogP contribution is -2.32. The number of anilines is 1. The summed E-state index contributed by atoms with van der Waals surface area (Å²) in [4.78, 5) is 17.8. The maximum atomic E-state index is 14.3. The fraction of sp³-hybridized carbons (Fsp3) is 0.370. The van der Waals surface area contributed by atoms with Gasteiger partial charge in [-0.1, -0.05) is 24.1 Å². The molecule has 1 aliphatic heterocycles. The summed E-state index contributed by atoms with van der Waals surface area (Å²) in [6, 6.07) is 7.44. The largest absolute Gasteiger partial charge is 0.493 e. The Bertz CT molecular complexity index is 1370. The third kappa shape index (κ3) is 5.24. The van der Waals surface area contributed by atoms with E-state index in [1.165, 1.54) is 25.6 Å². The Balaban J connectivity index is 1.49. The maximum absolute atomic E-state index is 14.3. The van der Waals surface area contributed by atoms with Crippen LogP contribution in [0.3, 0.4) is 0 Å². The smallest absolute Gasteiger partial charge is 0.338 e. The topological polar surface area (TPSA) is 87.5 Å². The Morgan fingerprint density at radius 3 is 2.79 bits per heavy atom. The number of allylic oxidation sites excluding steroid dienone is 1. The third-order valence-electron chi connectivity index (χ3n) is 6.83. The number of methoxy groups -OCH3 is 1. The Labute approximate surface area is 233 Å². The molecule has 200 valence electrons. The number of ether oxygens (including phenoxy) is 3. The van der Waals surface area contributed by atoms with Crippen LogP contribution in [0.4, 0.5) is 10.3 Å². The fourth-order valence-electron chi connectivity index (χ4n) is 4.91. The van der Waals surface area contributed by atoms with Gasteiger partial charge in [-0.15, -0.1) is 0 Å². The highest BCUT2D eigenvalue weighted by atomic mass is 79.9. The van der Waals surface area contributed by atoms with E-state index in [0.29, 0.717) is 38.8 Å². The molecule has 1 aliphatic carbocycles. The first-order chi connectivity index (χ1) is 18.4. The lowest BCUT2D eigenvalue weighted by Gasteiger charge is -2.30. The molecule has 0 saturated heterocycles. The lowest BCUT2D eigenvalue weighted by atomic mass is 9.94. The second-order valence-corrected chi connectivity index (χ2v) is 10.5. The van der Waals surface area contributed by atoms with Gasteiger partial charge in [0.05, 0.1) is 22.2 Å². The van der Waals surface area contributed by atoms with Gasteiger partial charge in [0.1, 0.15) is 30.9 Å². The number of carbonyl (C=O) groups is 1. The molecule has 2 aromatic carbocycles. The van der Waals surface area contributed by atoms with Gasteiger partial charge < -0.3 is 19.5 Å². The molecule has 38 heavy (non-hydrogen) atoms. The first kappa shape index (κ1) is 26.5. The van der Waals surface area contributed by atoms with Crippen LogP contribution in [-0.4, -0.2) is 33.9 Å². The molecular weight excluding hydrogens is 579 g/mol. The molecule has 11 heteroatoms. The fourth-order valence-corrected chi connectivity index (χ4v) is 5.71. The van der Waals surface area contributed by atoms with E-state index >= 15 is 0 Å². The molecule has 0 radical (unpaired) electrons. The molecule has 2 aliphatic rings. The molecule has 0 bridgehead atoms. The van der Waals surface area contributed by atoms with Crippen molar-refractivity contribution in [1.29, 1.82) is 0 Å². The molecule has 3 aromatic rings. The number of hydrogen-bond acceptors (Lipinski definition) is 7. The van der Waals surface area contributed by atoms with Crippen LogP contribution in [0.2, 0.25) is 5.02 Å². The summed E-state index contributed by atoms with van der Waals surface area (Å²) < 4.78 is 34.0. The highest BCUT2D eigenvalue weighted by Crippen LogP contribution is 2.43. The van der Waals surface area contributed by atoms with Gasteiger partial charge in [-0.2, -0.15) is 10.1 Å². The van der Waals surface area contributed by atoms with Crippen LogP contribution in [0.15, 0.2) is 52.4 Å². The molecule has 0 spiro atoms. The van der Waals surface area contributed by atoms with Crippen LogP contribution in [0.1, 0.15) is 56.2 Å². The minimum atomic E-state index is -0.620. The van der Waals surface area contributed by atoms with Gasteiger partial charge in [0, 0.05) is 11.3 Å². The second-order valence-electron chi connectivity index (χ2n) is 9.28. The predicted octanol–water partition coefficient (Wildman–Crippen LogP) is 6.59. The normalized spacial score (nSPS) is 17.6. The number of nitrogens with one attached hydrogen (secondary N) is 1. The molecule has 2 heterocycles. The summed E-state index contributed by atoms with van der Waals surface area (Å²) >= 11 is 9.74. The molecule has 8 nitrogen and oxygen atoms in total. The van der Waals surface area contributed by atoms with Crippen molar-refractivity contribution >= 4 is 39.4 Å². The number of rotatable bonds is 7. The number of fused-ring (bicyclic) bond motifs is 1. The minimum absolute atomic E-state index is 0.0988. The van der Waals surface area contributed by atoms with Crippen molar-refractivity contribution in [2.75, 3.05) is 12.4 Å². The van der Waals surface area contributed by atoms with Crippen molar-refractivity contribution in [1.82, 2.24) is 14.8 Å². The van der Waals surface area contributed by atoms with Gasteiger partial charge >= 0.3 is 5.97 Å². The highest BCUT2D eigenvalue weighted by molar-refractivity contribution is 9.10. The number of benzene rings is 2. The zero-order valence-electron chi connectivity index (χ0n) is 21.0. The van der Waals surface area contributed by atoms with E-state index in [4.69, 9.17) is 25.8 Å². The van der Waals surface area contributed by atoms with Crippen LogP contribution in [0.5, 0.6) is 11.5 Å². The van der Waals surface area contributed by atoms with Gasteiger partial charge in [-0.25, -0.2) is 13.9 Å². The summed E-state index contributed by atoms with van der Waals surface area (Å²) in [6.45, 7) is 1.73. The van der Waals surface area contributed by atoms with Crippen LogP contribution < -0.4 is 14.8 Å². The average Bonchev–Trinajstić information content (AvgIpc) is 3.36. The van der Waals surface area contributed by atoms with Crippen LogP contribution in [0, 0.1) is 5.82 Å². The second kappa shape index (κ2) is 11.3. The van der Waals surface area contributed by atoms with Gasteiger partial charge in [0.25, 0.3) is 0 Å². The minimum Gasteiger partial charge on any atom is -0.493 e. The van der Waals surface area contributed by atoms with E-state index in [1.807, 2.05) is 13.0 Å². The summed E-state index contributed by atoms with van der Waals surface area (Å²) in [5, 5.41) is 7.82. The lowest BCUT2D eigenvalue weighted by molar-refractivity contribution is -0.146. The number of hydrogen-bond donors (Lipinski definition) is 1. The molecule has 1 aromatic heterocycles. The standard InChI is InChI=1S/C27H27BrClFN4O4/c1-15-23(26(35)38-17-7-4-3-5-8-17)24(34-27(33-15)31-14-32-34)16-11-19(28)25(22(12-16)36-2)37-13-18-20(29)9-6-10-21(18)30/h6,9-12,14,17,24H,3-5,7-8,13H2,1-2H3,(H,31,32,33). The maximum Gasteiger partial charge on any atom is 0.338 e. The first-order valence-corrected chi connectivity index (χ1v) is 13.6. The molecule has 1 fully saturated rings. The highest BCUT2D eigenvalue weighted by Gasteiger charge is 2.36. The zero-order valence-corrected chi connectivity index (χ0v) is 23.3. The van der Waals surface area contributed by atoms with E-state index in [2.05, 4.69) is 31.3 Å².